The molecule has 0 aliphatic heterocycles. The van der Waals surface area contributed by atoms with Crippen LogP contribution >= 0.6 is 11.3 Å². The molecular weight excluding hydrogens is 527 g/mol. The van der Waals surface area contributed by atoms with E-state index in [0.29, 0.717) is 0 Å². The van der Waals surface area contributed by atoms with Crippen LogP contribution in [-0.2, 0) is 0 Å². The summed E-state index contributed by atoms with van der Waals surface area (Å²) in [5.74, 6) is 0. The Balaban J connectivity index is 1.10. The van der Waals surface area contributed by atoms with Gasteiger partial charge in [-0.3, -0.25) is 0 Å². The first-order chi connectivity index (χ1) is 20.8. The van der Waals surface area contributed by atoms with Gasteiger partial charge in [-0.1, -0.05) is 121 Å². The summed E-state index contributed by atoms with van der Waals surface area (Å²) in [5, 5.41) is 8.83. The van der Waals surface area contributed by atoms with E-state index in [4.69, 9.17) is 0 Å². The molecule has 1 nitrogen and oxygen atoms in total. The quantitative estimate of drug-likeness (QED) is 0.223. The minimum atomic E-state index is 1.07. The zero-order valence-corrected chi connectivity index (χ0v) is 23.7. The molecule has 7 aromatic carbocycles. The third kappa shape index (κ3) is 4.43. The van der Waals surface area contributed by atoms with Gasteiger partial charge in [-0.2, -0.15) is 0 Å². The maximum absolute atomic E-state index is 3.63. The van der Waals surface area contributed by atoms with Crippen molar-refractivity contribution in [2.24, 2.45) is 0 Å². The van der Waals surface area contributed by atoms with E-state index in [0.717, 1.165) is 11.4 Å². The lowest BCUT2D eigenvalue weighted by Gasteiger charge is -2.14. The van der Waals surface area contributed by atoms with Gasteiger partial charge in [0.2, 0.25) is 0 Å². The number of fused-ring (bicyclic) bond motifs is 4. The van der Waals surface area contributed by atoms with Gasteiger partial charge in [0.25, 0.3) is 0 Å². The SMILES string of the molecule is c1ccc(-c2cccc3cccc(-c4ccc(Nc5cccc(-c6ccc7c(c6)sc6ccccc67)c5)cc4)c23)cc1. The van der Waals surface area contributed by atoms with Crippen LogP contribution in [0.15, 0.2) is 158 Å². The highest BCUT2D eigenvalue weighted by Crippen LogP contribution is 2.38. The molecular formula is C40H27NS. The lowest BCUT2D eigenvalue weighted by atomic mass is 9.91. The normalized spacial score (nSPS) is 11.3. The molecule has 1 heterocycles. The van der Waals surface area contributed by atoms with Gasteiger partial charge in [0.1, 0.15) is 0 Å². The van der Waals surface area contributed by atoms with Gasteiger partial charge in [-0.25, -0.2) is 0 Å². The third-order valence-electron chi connectivity index (χ3n) is 8.05. The van der Waals surface area contributed by atoms with Gasteiger partial charge < -0.3 is 5.32 Å². The Bertz CT molecular complexity index is 2200. The predicted octanol–water partition coefficient (Wildman–Crippen LogP) is 12.0. The highest BCUT2D eigenvalue weighted by atomic mass is 32.1. The highest BCUT2D eigenvalue weighted by molar-refractivity contribution is 7.25. The molecule has 0 fully saturated rings. The Labute approximate surface area is 249 Å². The summed E-state index contributed by atoms with van der Waals surface area (Å²) >= 11 is 1.86. The zero-order chi connectivity index (χ0) is 27.9. The van der Waals surface area contributed by atoms with Gasteiger partial charge in [-0.05, 0) is 80.6 Å². The molecule has 0 amide bonds. The molecule has 0 unspecified atom stereocenters. The van der Waals surface area contributed by atoms with Crippen molar-refractivity contribution in [3.63, 3.8) is 0 Å². The standard InChI is InChI=1S/C40H27NS/c1-2-9-27(10-3-1)34-16-7-11-29-12-8-17-35(40(29)34)28-19-22-32(23-20-28)41-33-14-6-13-30(25-33)31-21-24-37-36-15-4-5-18-38(36)42-39(37)26-31/h1-26,41H. The highest BCUT2D eigenvalue weighted by Gasteiger charge is 2.11. The van der Waals surface area contributed by atoms with Crippen molar-refractivity contribution >= 4 is 53.7 Å². The van der Waals surface area contributed by atoms with Crippen LogP contribution in [0.25, 0.3) is 64.3 Å². The number of benzene rings is 7. The van der Waals surface area contributed by atoms with Crippen molar-refractivity contribution < 1.29 is 0 Å². The predicted molar refractivity (Wildman–Crippen MR) is 183 cm³/mol. The van der Waals surface area contributed by atoms with Crippen molar-refractivity contribution in [3.8, 4) is 33.4 Å². The molecule has 198 valence electrons. The molecule has 0 aliphatic rings. The van der Waals surface area contributed by atoms with E-state index < -0.39 is 0 Å². The molecule has 0 spiro atoms. The van der Waals surface area contributed by atoms with Crippen molar-refractivity contribution in [2.75, 3.05) is 5.32 Å². The molecule has 0 aliphatic carbocycles. The summed E-state index contributed by atoms with van der Waals surface area (Å²) in [7, 11) is 0. The summed E-state index contributed by atoms with van der Waals surface area (Å²) in [6.45, 7) is 0. The first kappa shape index (κ1) is 24.6. The number of rotatable bonds is 5. The fourth-order valence-electron chi connectivity index (χ4n) is 6.02. The van der Waals surface area contributed by atoms with Crippen molar-refractivity contribution in [1.82, 2.24) is 0 Å². The van der Waals surface area contributed by atoms with E-state index >= 15 is 0 Å². The van der Waals surface area contributed by atoms with E-state index in [1.165, 1.54) is 64.3 Å². The first-order valence-electron chi connectivity index (χ1n) is 14.3. The maximum atomic E-state index is 3.63. The van der Waals surface area contributed by atoms with Gasteiger partial charge in [0, 0.05) is 31.5 Å². The fraction of sp³-hybridized carbons (Fsp3) is 0. The van der Waals surface area contributed by atoms with Gasteiger partial charge in [0.05, 0.1) is 0 Å². The Morgan fingerprint density at radius 2 is 1.00 bits per heavy atom. The summed E-state index contributed by atoms with van der Waals surface area (Å²) in [5.41, 5.74) is 9.54. The molecule has 1 N–H and O–H groups in total. The molecule has 0 saturated heterocycles. The lowest BCUT2D eigenvalue weighted by Crippen LogP contribution is -1.91. The number of nitrogens with one attached hydrogen (secondary N) is 1. The van der Waals surface area contributed by atoms with Gasteiger partial charge in [-0.15, -0.1) is 11.3 Å². The van der Waals surface area contributed by atoms with Crippen LogP contribution in [0.2, 0.25) is 0 Å². The van der Waals surface area contributed by atoms with Crippen LogP contribution in [0, 0.1) is 0 Å². The average Bonchev–Trinajstić information content (AvgIpc) is 3.43. The largest absolute Gasteiger partial charge is 0.356 e. The van der Waals surface area contributed by atoms with Crippen LogP contribution in [0.4, 0.5) is 11.4 Å². The monoisotopic (exact) mass is 553 g/mol. The van der Waals surface area contributed by atoms with Crippen LogP contribution < -0.4 is 5.32 Å². The second kappa shape index (κ2) is 10.3. The summed E-state index contributed by atoms with van der Waals surface area (Å²) < 4.78 is 2.66. The van der Waals surface area contributed by atoms with Crippen LogP contribution in [0.5, 0.6) is 0 Å². The lowest BCUT2D eigenvalue weighted by molar-refractivity contribution is 1.54. The topological polar surface area (TPSA) is 12.0 Å². The molecule has 2 heteroatoms. The summed E-state index contributed by atoms with van der Waals surface area (Å²) in [6, 6.07) is 56.8. The second-order valence-corrected chi connectivity index (χ2v) is 11.8. The van der Waals surface area contributed by atoms with Crippen LogP contribution in [0.3, 0.4) is 0 Å². The first-order valence-corrected chi connectivity index (χ1v) is 15.1. The minimum absolute atomic E-state index is 1.07. The number of anilines is 2. The van der Waals surface area contributed by atoms with Crippen molar-refractivity contribution in [3.05, 3.63) is 158 Å². The smallest absolute Gasteiger partial charge is 0.0390 e. The van der Waals surface area contributed by atoms with Gasteiger partial charge in [0.15, 0.2) is 0 Å². The molecule has 8 rings (SSSR count). The Kier molecular flexibility index (Phi) is 6.05. The summed E-state index contributed by atoms with van der Waals surface area (Å²) in [4.78, 5) is 0. The molecule has 8 aromatic rings. The van der Waals surface area contributed by atoms with E-state index in [-0.39, 0.29) is 0 Å². The molecule has 0 atom stereocenters. The van der Waals surface area contributed by atoms with E-state index in [2.05, 4.69) is 163 Å². The fourth-order valence-corrected chi connectivity index (χ4v) is 7.17. The molecule has 0 bridgehead atoms. The van der Waals surface area contributed by atoms with E-state index in [1.807, 2.05) is 11.3 Å². The molecule has 42 heavy (non-hydrogen) atoms. The number of hydrogen-bond acceptors (Lipinski definition) is 2. The van der Waals surface area contributed by atoms with Crippen LogP contribution in [-0.4, -0.2) is 0 Å². The Morgan fingerprint density at radius 3 is 1.81 bits per heavy atom. The number of thiophene rings is 1. The van der Waals surface area contributed by atoms with Crippen molar-refractivity contribution in [1.29, 1.82) is 0 Å². The average molecular weight is 554 g/mol. The Morgan fingerprint density at radius 1 is 0.381 bits per heavy atom. The zero-order valence-electron chi connectivity index (χ0n) is 22.9. The van der Waals surface area contributed by atoms with Crippen LogP contribution in [0.1, 0.15) is 0 Å². The minimum Gasteiger partial charge on any atom is -0.356 e. The van der Waals surface area contributed by atoms with E-state index in [1.54, 1.807) is 0 Å². The molecule has 0 saturated carbocycles. The van der Waals surface area contributed by atoms with E-state index in [9.17, 15) is 0 Å². The summed E-state index contributed by atoms with van der Waals surface area (Å²) in [6.07, 6.45) is 0. The van der Waals surface area contributed by atoms with Gasteiger partial charge >= 0.3 is 0 Å². The number of hydrogen-bond donors (Lipinski definition) is 1. The molecule has 0 radical (unpaired) electrons. The second-order valence-electron chi connectivity index (χ2n) is 10.7. The molecule has 1 aromatic heterocycles. The third-order valence-corrected chi connectivity index (χ3v) is 9.18. The van der Waals surface area contributed by atoms with Crippen molar-refractivity contribution in [2.45, 2.75) is 0 Å². The Hall–Kier alpha value is -5.18. The maximum Gasteiger partial charge on any atom is 0.0390 e.